The molecule has 0 radical (unpaired) electrons. The normalized spacial score (nSPS) is 11.1. The van der Waals surface area contributed by atoms with Crippen LogP contribution in [0.5, 0.6) is 0 Å². The number of benzene rings is 1. The Morgan fingerprint density at radius 2 is 2.17 bits per heavy atom. The minimum atomic E-state index is -0.593. The number of halogens is 2. The minimum absolute atomic E-state index is 0.134. The quantitative estimate of drug-likeness (QED) is 0.229. The summed E-state index contributed by atoms with van der Waals surface area (Å²) in [4.78, 5) is 22.8. The second kappa shape index (κ2) is 8.77. The fraction of sp³-hybridized carbons (Fsp3) is 0.0526. The van der Waals surface area contributed by atoms with Crippen molar-refractivity contribution < 1.29 is 18.6 Å². The lowest BCUT2D eigenvalue weighted by Crippen LogP contribution is -2.23. The summed E-state index contributed by atoms with van der Waals surface area (Å²) < 4.78 is 10.9. The molecule has 1 aromatic carbocycles. The van der Waals surface area contributed by atoms with E-state index in [4.69, 9.17) is 20.4 Å². The number of furan rings is 2. The largest absolute Gasteiger partial charge is 0.467 e. The van der Waals surface area contributed by atoms with Crippen LogP contribution < -0.4 is 5.32 Å². The summed E-state index contributed by atoms with van der Waals surface area (Å²) in [6.45, 7) is 0.134. The van der Waals surface area contributed by atoms with Gasteiger partial charge in [-0.05, 0) is 46.3 Å². The third-order valence-electron chi connectivity index (χ3n) is 3.77. The van der Waals surface area contributed by atoms with E-state index in [9.17, 15) is 20.2 Å². The fourth-order valence-electron chi connectivity index (χ4n) is 2.40. The highest BCUT2D eigenvalue weighted by Gasteiger charge is 2.19. The van der Waals surface area contributed by atoms with E-state index in [1.165, 1.54) is 30.5 Å². The number of hydrogen-bond acceptors (Lipinski definition) is 6. The zero-order chi connectivity index (χ0) is 21.0. The summed E-state index contributed by atoms with van der Waals surface area (Å²) in [5, 5.41) is 23.1. The van der Waals surface area contributed by atoms with Crippen molar-refractivity contribution in [2.24, 2.45) is 0 Å². The maximum Gasteiger partial charge on any atom is 0.285 e. The van der Waals surface area contributed by atoms with Crippen LogP contribution in [0.4, 0.5) is 5.69 Å². The first-order chi connectivity index (χ1) is 13.9. The molecule has 0 spiro atoms. The minimum Gasteiger partial charge on any atom is -0.467 e. The van der Waals surface area contributed by atoms with Crippen LogP contribution in [0.15, 0.2) is 61.5 Å². The van der Waals surface area contributed by atoms with Crippen LogP contribution in [0.2, 0.25) is 5.02 Å². The van der Waals surface area contributed by atoms with E-state index in [-0.39, 0.29) is 33.1 Å². The van der Waals surface area contributed by atoms with Gasteiger partial charge in [-0.15, -0.1) is 0 Å². The molecule has 2 heterocycles. The number of nitrogens with one attached hydrogen (secondary N) is 1. The third-order valence-corrected chi connectivity index (χ3v) is 5.13. The maximum absolute atomic E-state index is 12.2. The summed E-state index contributed by atoms with van der Waals surface area (Å²) in [7, 11) is 0. The van der Waals surface area contributed by atoms with Crippen LogP contribution in [0, 0.1) is 21.4 Å². The number of nitriles is 1. The molecule has 0 aliphatic rings. The Morgan fingerprint density at radius 1 is 1.38 bits per heavy atom. The van der Waals surface area contributed by atoms with Crippen molar-refractivity contribution in [1.82, 2.24) is 5.32 Å². The van der Waals surface area contributed by atoms with Gasteiger partial charge in [0.1, 0.15) is 33.4 Å². The predicted octanol–water partition coefficient (Wildman–Crippen LogP) is 5.09. The number of nitro groups is 1. The van der Waals surface area contributed by atoms with E-state index in [2.05, 4.69) is 21.2 Å². The summed E-state index contributed by atoms with van der Waals surface area (Å²) in [5.74, 6) is 0.474. The van der Waals surface area contributed by atoms with Crippen molar-refractivity contribution in [3.63, 3.8) is 0 Å². The molecule has 0 unspecified atom stereocenters. The highest BCUT2D eigenvalue weighted by Crippen LogP contribution is 2.37. The van der Waals surface area contributed by atoms with Crippen molar-refractivity contribution in [1.29, 1.82) is 5.26 Å². The van der Waals surface area contributed by atoms with Crippen molar-refractivity contribution in [2.45, 2.75) is 6.54 Å². The van der Waals surface area contributed by atoms with E-state index in [0.717, 1.165) is 0 Å². The summed E-state index contributed by atoms with van der Waals surface area (Å²) >= 11 is 9.12. The van der Waals surface area contributed by atoms with Crippen LogP contribution in [0.25, 0.3) is 17.4 Å². The molecular formula is C19H11BrClN3O5. The third kappa shape index (κ3) is 4.74. The number of rotatable bonds is 6. The topological polar surface area (TPSA) is 122 Å². The van der Waals surface area contributed by atoms with Gasteiger partial charge < -0.3 is 14.2 Å². The summed E-state index contributed by atoms with van der Waals surface area (Å²) in [5.41, 5.74) is -0.00128. The molecule has 0 saturated heterocycles. The molecule has 10 heteroatoms. The molecule has 0 aliphatic heterocycles. The lowest BCUT2D eigenvalue weighted by molar-refractivity contribution is -0.385. The number of nitro benzene ring substituents is 1. The van der Waals surface area contributed by atoms with Gasteiger partial charge in [-0.2, -0.15) is 5.26 Å². The van der Waals surface area contributed by atoms with Gasteiger partial charge in [0.25, 0.3) is 11.6 Å². The summed E-state index contributed by atoms with van der Waals surface area (Å²) in [6.07, 6.45) is 2.75. The van der Waals surface area contributed by atoms with Crippen LogP contribution in [0.1, 0.15) is 11.5 Å². The fourth-order valence-corrected chi connectivity index (χ4v) is 2.99. The molecule has 0 aliphatic carbocycles. The molecule has 2 aromatic heterocycles. The van der Waals surface area contributed by atoms with Gasteiger partial charge in [0.05, 0.1) is 22.8 Å². The Kier molecular flexibility index (Phi) is 6.16. The molecule has 1 amide bonds. The molecule has 0 saturated carbocycles. The zero-order valence-corrected chi connectivity index (χ0v) is 16.9. The lowest BCUT2D eigenvalue weighted by atomic mass is 10.1. The lowest BCUT2D eigenvalue weighted by Gasteiger charge is -2.03. The first-order valence-corrected chi connectivity index (χ1v) is 9.22. The maximum atomic E-state index is 12.2. The highest BCUT2D eigenvalue weighted by molar-refractivity contribution is 9.10. The number of nitrogens with zero attached hydrogens (tertiary/aromatic N) is 2. The van der Waals surface area contributed by atoms with Gasteiger partial charge >= 0.3 is 0 Å². The van der Waals surface area contributed by atoms with Crippen LogP contribution >= 0.6 is 27.5 Å². The molecule has 1 N–H and O–H groups in total. The van der Waals surface area contributed by atoms with Gasteiger partial charge in [0, 0.05) is 17.7 Å². The van der Waals surface area contributed by atoms with Gasteiger partial charge in [-0.3, -0.25) is 14.9 Å². The SMILES string of the molecule is N#C/C(=C\c1ccc(-c2cc(Cl)c(Br)c([N+](=O)[O-])c2)o1)C(=O)NCc1ccco1. The van der Waals surface area contributed by atoms with E-state index >= 15 is 0 Å². The van der Waals surface area contributed by atoms with E-state index < -0.39 is 10.8 Å². The molecular weight excluding hydrogens is 466 g/mol. The molecule has 8 nitrogen and oxygen atoms in total. The molecule has 0 atom stereocenters. The van der Waals surface area contributed by atoms with Crippen molar-refractivity contribution in [3.05, 3.63) is 79.4 Å². The average molecular weight is 477 g/mol. The Balaban J connectivity index is 1.82. The van der Waals surface area contributed by atoms with Gasteiger partial charge in [-0.1, -0.05) is 11.6 Å². The van der Waals surface area contributed by atoms with Gasteiger partial charge in [-0.25, -0.2) is 0 Å². The molecule has 3 rings (SSSR count). The number of carbonyl (C=O) groups is 1. The van der Waals surface area contributed by atoms with E-state index in [0.29, 0.717) is 17.1 Å². The Labute approximate surface area is 177 Å². The molecule has 0 fully saturated rings. The Morgan fingerprint density at radius 3 is 2.83 bits per heavy atom. The monoisotopic (exact) mass is 475 g/mol. The smallest absolute Gasteiger partial charge is 0.285 e. The predicted molar refractivity (Wildman–Crippen MR) is 108 cm³/mol. The summed E-state index contributed by atoms with van der Waals surface area (Å²) in [6, 6.07) is 11.1. The molecule has 0 bridgehead atoms. The van der Waals surface area contributed by atoms with Gasteiger partial charge in [0.15, 0.2) is 0 Å². The molecule has 3 aromatic rings. The van der Waals surface area contributed by atoms with Crippen molar-refractivity contribution >= 4 is 45.2 Å². The second-order valence-electron chi connectivity index (χ2n) is 5.68. The van der Waals surface area contributed by atoms with Crippen LogP contribution in [-0.2, 0) is 11.3 Å². The standard InChI is InChI=1S/C19H11BrClN3O5/c20-18-15(21)7-11(8-16(18)24(26)27)17-4-3-13(29-17)6-12(9-22)19(25)23-10-14-2-1-5-28-14/h1-8H,10H2,(H,23,25)/b12-6+. The molecule has 146 valence electrons. The van der Waals surface area contributed by atoms with Crippen molar-refractivity contribution in [2.75, 3.05) is 0 Å². The first-order valence-electron chi connectivity index (χ1n) is 8.05. The first kappa shape index (κ1) is 20.4. The zero-order valence-electron chi connectivity index (χ0n) is 14.5. The average Bonchev–Trinajstić information content (AvgIpc) is 3.38. The van der Waals surface area contributed by atoms with E-state index in [1.807, 2.05) is 6.07 Å². The van der Waals surface area contributed by atoms with E-state index in [1.54, 1.807) is 18.2 Å². The molecule has 29 heavy (non-hydrogen) atoms. The van der Waals surface area contributed by atoms with Crippen LogP contribution in [0.3, 0.4) is 0 Å². The van der Waals surface area contributed by atoms with Gasteiger partial charge in [0.2, 0.25) is 0 Å². The Hall–Kier alpha value is -3.35. The highest BCUT2D eigenvalue weighted by atomic mass is 79.9. The number of hydrogen-bond donors (Lipinski definition) is 1. The second-order valence-corrected chi connectivity index (χ2v) is 6.88. The van der Waals surface area contributed by atoms with Crippen LogP contribution in [-0.4, -0.2) is 10.8 Å². The van der Waals surface area contributed by atoms with Crippen molar-refractivity contribution in [3.8, 4) is 17.4 Å². The number of amides is 1. The Bertz CT molecular complexity index is 1150. The number of carbonyl (C=O) groups excluding carboxylic acids is 1.